The highest BCUT2D eigenvalue weighted by Crippen LogP contribution is 2.28. The van der Waals surface area contributed by atoms with Crippen LogP contribution in [0.5, 0.6) is 0 Å². The Kier molecular flexibility index (Phi) is 4.94. The molecule has 0 spiro atoms. The molecule has 7 heteroatoms. The zero-order valence-electron chi connectivity index (χ0n) is 11.9. The molecule has 0 bridgehead atoms. The highest BCUT2D eigenvalue weighted by atomic mass is 79.9. The maximum absolute atomic E-state index is 13.2. The van der Waals surface area contributed by atoms with Crippen molar-refractivity contribution in [2.45, 2.75) is 0 Å². The maximum Gasteiger partial charge on any atom is 0.291 e. The number of carbonyl (C=O) groups is 1. The Morgan fingerprint density at radius 2 is 1.83 bits per heavy atom. The van der Waals surface area contributed by atoms with Crippen LogP contribution in [0.2, 0.25) is 10.0 Å². The van der Waals surface area contributed by atoms with Crippen LogP contribution in [-0.4, -0.2) is 5.91 Å². The summed E-state index contributed by atoms with van der Waals surface area (Å²) in [6.07, 6.45) is 0. The van der Waals surface area contributed by atoms with Crippen LogP contribution in [0.15, 0.2) is 57.4 Å². The number of amides is 1. The van der Waals surface area contributed by atoms with Crippen molar-refractivity contribution in [3.05, 3.63) is 74.6 Å². The number of anilines is 1. The maximum atomic E-state index is 13.2. The Morgan fingerprint density at radius 1 is 1.04 bits per heavy atom. The van der Waals surface area contributed by atoms with E-state index in [2.05, 4.69) is 21.2 Å². The molecule has 0 radical (unpaired) electrons. The van der Waals surface area contributed by atoms with Gasteiger partial charge >= 0.3 is 0 Å². The molecule has 0 atom stereocenters. The molecule has 1 N–H and O–H groups in total. The number of furan rings is 1. The van der Waals surface area contributed by atoms with Crippen LogP contribution in [0.4, 0.5) is 10.1 Å². The van der Waals surface area contributed by atoms with Crippen LogP contribution in [0.3, 0.4) is 0 Å². The predicted octanol–water partition coefficient (Wildman–Crippen LogP) is 6.41. The van der Waals surface area contributed by atoms with Gasteiger partial charge in [0, 0.05) is 15.7 Å². The first kappa shape index (κ1) is 17.0. The van der Waals surface area contributed by atoms with Gasteiger partial charge in [0.1, 0.15) is 11.6 Å². The average molecular weight is 429 g/mol. The van der Waals surface area contributed by atoms with E-state index in [0.29, 0.717) is 22.0 Å². The second kappa shape index (κ2) is 6.97. The fourth-order valence-corrected chi connectivity index (χ4v) is 2.64. The minimum Gasteiger partial charge on any atom is -0.451 e. The molecular formula is C17H9BrCl2FNO2. The molecule has 0 aliphatic carbocycles. The lowest BCUT2D eigenvalue weighted by Gasteiger charge is -2.05. The predicted molar refractivity (Wildman–Crippen MR) is 96.2 cm³/mol. The molecule has 2 aromatic carbocycles. The first-order chi connectivity index (χ1) is 11.4. The number of nitrogens with one attached hydrogen (secondary N) is 1. The molecule has 1 aromatic heterocycles. The summed E-state index contributed by atoms with van der Waals surface area (Å²) in [4.78, 5) is 12.2. The molecule has 3 rings (SSSR count). The molecule has 3 aromatic rings. The third-order valence-electron chi connectivity index (χ3n) is 3.21. The van der Waals surface area contributed by atoms with Crippen molar-refractivity contribution in [1.82, 2.24) is 0 Å². The number of hydrogen-bond acceptors (Lipinski definition) is 2. The highest BCUT2D eigenvalue weighted by Gasteiger charge is 2.14. The number of halogens is 4. The van der Waals surface area contributed by atoms with Crippen LogP contribution in [-0.2, 0) is 0 Å². The van der Waals surface area contributed by atoms with Gasteiger partial charge in [0.05, 0.1) is 10.0 Å². The van der Waals surface area contributed by atoms with Crippen LogP contribution < -0.4 is 5.32 Å². The Labute approximate surface area is 155 Å². The van der Waals surface area contributed by atoms with E-state index >= 15 is 0 Å². The molecule has 3 nitrogen and oxygen atoms in total. The number of hydrogen-bond donors (Lipinski definition) is 1. The summed E-state index contributed by atoms with van der Waals surface area (Å²) in [5, 5.41) is 3.15. The molecule has 0 saturated heterocycles. The number of rotatable bonds is 3. The van der Waals surface area contributed by atoms with Gasteiger partial charge in [0.2, 0.25) is 0 Å². The second-order valence-electron chi connectivity index (χ2n) is 4.88. The molecule has 0 aliphatic rings. The van der Waals surface area contributed by atoms with E-state index in [9.17, 15) is 9.18 Å². The van der Waals surface area contributed by atoms with Crippen LogP contribution in [0.25, 0.3) is 11.3 Å². The minimum absolute atomic E-state index is 0.0144. The topological polar surface area (TPSA) is 42.2 Å². The lowest BCUT2D eigenvalue weighted by atomic mass is 10.2. The van der Waals surface area contributed by atoms with E-state index in [0.717, 1.165) is 4.47 Å². The fourth-order valence-electron chi connectivity index (χ4n) is 2.03. The van der Waals surface area contributed by atoms with Crippen molar-refractivity contribution in [2.75, 3.05) is 5.32 Å². The third-order valence-corrected chi connectivity index (χ3v) is 4.73. The minimum atomic E-state index is -0.517. The normalized spacial score (nSPS) is 10.7. The van der Waals surface area contributed by atoms with Crippen LogP contribution in [0, 0.1) is 5.82 Å². The lowest BCUT2D eigenvalue weighted by molar-refractivity contribution is 0.0997. The van der Waals surface area contributed by atoms with Gasteiger partial charge in [-0.05, 0) is 64.5 Å². The first-order valence-electron chi connectivity index (χ1n) is 6.76. The van der Waals surface area contributed by atoms with Gasteiger partial charge < -0.3 is 9.73 Å². The van der Waals surface area contributed by atoms with Gasteiger partial charge in [-0.2, -0.15) is 0 Å². The Hall–Kier alpha value is -1.82. The van der Waals surface area contributed by atoms with Gasteiger partial charge in [-0.25, -0.2) is 4.39 Å². The summed E-state index contributed by atoms with van der Waals surface area (Å²) in [6.45, 7) is 0. The molecule has 0 saturated carbocycles. The van der Waals surface area contributed by atoms with E-state index in [1.807, 2.05) is 0 Å². The van der Waals surface area contributed by atoms with Crippen LogP contribution >= 0.6 is 39.1 Å². The zero-order valence-corrected chi connectivity index (χ0v) is 15.0. The van der Waals surface area contributed by atoms with Crippen molar-refractivity contribution in [2.24, 2.45) is 0 Å². The van der Waals surface area contributed by atoms with Gasteiger partial charge in [0.15, 0.2) is 5.76 Å². The third kappa shape index (κ3) is 3.64. The summed E-state index contributed by atoms with van der Waals surface area (Å²) >= 11 is 15.0. The van der Waals surface area contributed by atoms with Crippen molar-refractivity contribution in [1.29, 1.82) is 0 Å². The quantitative estimate of drug-likeness (QED) is 0.523. The second-order valence-corrected chi connectivity index (χ2v) is 6.54. The average Bonchev–Trinajstić information content (AvgIpc) is 3.04. The van der Waals surface area contributed by atoms with Crippen molar-refractivity contribution in [3.8, 4) is 11.3 Å². The van der Waals surface area contributed by atoms with Gasteiger partial charge in [-0.15, -0.1) is 0 Å². The van der Waals surface area contributed by atoms with Crippen molar-refractivity contribution < 1.29 is 13.6 Å². The van der Waals surface area contributed by atoms with Gasteiger partial charge in [-0.3, -0.25) is 4.79 Å². The molecule has 24 heavy (non-hydrogen) atoms. The molecule has 0 unspecified atom stereocenters. The summed E-state index contributed by atoms with van der Waals surface area (Å²) in [5.41, 5.74) is 1.11. The molecule has 1 heterocycles. The molecule has 122 valence electrons. The van der Waals surface area contributed by atoms with Crippen molar-refractivity contribution in [3.63, 3.8) is 0 Å². The summed E-state index contributed by atoms with van der Waals surface area (Å²) in [6, 6.07) is 12.4. The number of benzene rings is 2. The number of carbonyl (C=O) groups excluding carboxylic acids is 1. The summed E-state index contributed by atoms with van der Waals surface area (Å²) < 4.78 is 19.5. The highest BCUT2D eigenvalue weighted by molar-refractivity contribution is 9.10. The van der Waals surface area contributed by atoms with E-state index in [-0.39, 0.29) is 10.8 Å². The van der Waals surface area contributed by atoms with Gasteiger partial charge in [0.25, 0.3) is 5.91 Å². The zero-order chi connectivity index (χ0) is 17.3. The summed E-state index contributed by atoms with van der Waals surface area (Å²) in [5.74, 6) is -0.412. The molecule has 1 amide bonds. The Morgan fingerprint density at radius 3 is 2.54 bits per heavy atom. The standard InChI is InChI=1S/C17H9BrCl2FNO2/c18-11-3-2-10(8-12(11)19)22-17(23)16-6-5-15(24-16)9-1-4-14(21)13(20)7-9/h1-8H,(H,22,23). The molecule has 0 aliphatic heterocycles. The lowest BCUT2D eigenvalue weighted by Crippen LogP contribution is -2.10. The van der Waals surface area contributed by atoms with Gasteiger partial charge in [-0.1, -0.05) is 23.2 Å². The fraction of sp³-hybridized carbons (Fsp3) is 0. The largest absolute Gasteiger partial charge is 0.451 e. The van der Waals surface area contributed by atoms with Crippen molar-refractivity contribution >= 4 is 50.7 Å². The van der Waals surface area contributed by atoms with E-state index in [1.165, 1.54) is 24.3 Å². The van der Waals surface area contributed by atoms with E-state index in [4.69, 9.17) is 27.6 Å². The molecular weight excluding hydrogens is 420 g/mol. The Bertz CT molecular complexity index is 927. The molecule has 0 fully saturated rings. The van der Waals surface area contributed by atoms with E-state index in [1.54, 1.807) is 24.3 Å². The summed E-state index contributed by atoms with van der Waals surface area (Å²) in [7, 11) is 0. The smallest absolute Gasteiger partial charge is 0.291 e. The monoisotopic (exact) mass is 427 g/mol. The SMILES string of the molecule is O=C(Nc1ccc(Br)c(Cl)c1)c1ccc(-c2ccc(F)c(Cl)c2)o1. The first-order valence-corrected chi connectivity index (χ1v) is 8.30. The van der Waals surface area contributed by atoms with Crippen LogP contribution in [0.1, 0.15) is 10.6 Å². The van der Waals surface area contributed by atoms with E-state index < -0.39 is 11.7 Å². The Balaban J connectivity index is 1.80.